The number of hydrogen-bond donors (Lipinski definition) is 0. The highest BCUT2D eigenvalue weighted by Crippen LogP contribution is 2.48. The van der Waals surface area contributed by atoms with Crippen molar-refractivity contribution in [1.82, 2.24) is 0 Å². The summed E-state index contributed by atoms with van der Waals surface area (Å²) in [7, 11) is 3.93. The first kappa shape index (κ1) is 21.8. The minimum Gasteiger partial charge on any atom is -0.378 e. The van der Waals surface area contributed by atoms with Crippen molar-refractivity contribution in [3.63, 3.8) is 0 Å². The maximum absolute atomic E-state index is 13.6. The summed E-state index contributed by atoms with van der Waals surface area (Å²) < 4.78 is 0. The molecular formula is C25H21Cl2N3O3. The molecule has 6 nitrogen and oxygen atoms in total. The second kappa shape index (κ2) is 8.37. The lowest BCUT2D eigenvalue weighted by Crippen LogP contribution is -2.37. The molecule has 0 aliphatic carbocycles. The van der Waals surface area contributed by atoms with Gasteiger partial charge in [0, 0.05) is 19.8 Å². The van der Waals surface area contributed by atoms with E-state index in [-0.39, 0.29) is 10.9 Å². The third-order valence-corrected chi connectivity index (χ3v) is 6.78. The van der Waals surface area contributed by atoms with E-state index in [0.29, 0.717) is 10.7 Å². The molecule has 0 saturated carbocycles. The molecular weight excluding hydrogens is 461 g/mol. The van der Waals surface area contributed by atoms with Gasteiger partial charge in [-0.3, -0.25) is 14.4 Å². The monoisotopic (exact) mass is 481 g/mol. The zero-order chi connectivity index (χ0) is 23.3. The average molecular weight is 482 g/mol. The van der Waals surface area contributed by atoms with E-state index in [4.69, 9.17) is 28.0 Å². The van der Waals surface area contributed by atoms with Crippen molar-refractivity contribution in [2.24, 2.45) is 5.92 Å². The number of amides is 2. The number of para-hydroxylation sites is 1. The minimum absolute atomic E-state index is 0.273. The molecule has 0 aromatic heterocycles. The lowest BCUT2D eigenvalue weighted by atomic mass is 9.90. The summed E-state index contributed by atoms with van der Waals surface area (Å²) in [5.41, 5.74) is 3.07. The molecule has 0 spiro atoms. The number of carbonyl (C=O) groups is 2. The van der Waals surface area contributed by atoms with Crippen LogP contribution in [0.5, 0.6) is 0 Å². The van der Waals surface area contributed by atoms with Crippen LogP contribution >= 0.6 is 23.2 Å². The van der Waals surface area contributed by atoms with Crippen LogP contribution in [-0.2, 0) is 14.4 Å². The van der Waals surface area contributed by atoms with Crippen LogP contribution in [0.2, 0.25) is 10.0 Å². The fourth-order valence-corrected chi connectivity index (χ4v) is 4.69. The van der Waals surface area contributed by atoms with Crippen molar-refractivity contribution in [1.29, 1.82) is 0 Å². The summed E-state index contributed by atoms with van der Waals surface area (Å²) in [6, 6.07) is 21.6. The third kappa shape index (κ3) is 3.64. The Morgan fingerprint density at radius 2 is 1.52 bits per heavy atom. The molecule has 0 bridgehead atoms. The number of carbonyl (C=O) groups excluding carboxylic acids is 2. The number of nitrogens with zero attached hydrogens (tertiary/aromatic N) is 3. The van der Waals surface area contributed by atoms with Gasteiger partial charge in [-0.2, -0.15) is 0 Å². The average Bonchev–Trinajstić information content (AvgIpc) is 3.32. The summed E-state index contributed by atoms with van der Waals surface area (Å²) >= 11 is 12.2. The van der Waals surface area contributed by atoms with Crippen LogP contribution in [0.4, 0.5) is 17.1 Å². The summed E-state index contributed by atoms with van der Waals surface area (Å²) in [6.45, 7) is 0. The van der Waals surface area contributed by atoms with Gasteiger partial charge in [0.1, 0.15) is 5.92 Å². The molecule has 168 valence electrons. The molecule has 2 heterocycles. The molecule has 0 N–H and O–H groups in total. The molecule has 3 aromatic rings. The van der Waals surface area contributed by atoms with E-state index in [1.807, 2.05) is 73.6 Å². The Morgan fingerprint density at radius 3 is 2.15 bits per heavy atom. The van der Waals surface area contributed by atoms with Gasteiger partial charge in [-0.25, -0.2) is 9.96 Å². The van der Waals surface area contributed by atoms with E-state index in [2.05, 4.69) is 0 Å². The molecule has 33 heavy (non-hydrogen) atoms. The zero-order valence-corrected chi connectivity index (χ0v) is 19.5. The van der Waals surface area contributed by atoms with Crippen molar-refractivity contribution in [3.05, 3.63) is 88.4 Å². The van der Waals surface area contributed by atoms with E-state index in [1.165, 1.54) is 6.07 Å². The van der Waals surface area contributed by atoms with Crippen molar-refractivity contribution in [2.45, 2.75) is 12.1 Å². The summed E-state index contributed by atoms with van der Waals surface area (Å²) in [4.78, 5) is 36.3. The van der Waals surface area contributed by atoms with E-state index in [0.717, 1.165) is 21.8 Å². The Hall–Kier alpha value is -3.06. The number of halogens is 2. The van der Waals surface area contributed by atoms with Crippen LogP contribution in [0.3, 0.4) is 0 Å². The van der Waals surface area contributed by atoms with Crippen LogP contribution < -0.4 is 14.9 Å². The number of hydroxylamine groups is 1. The smallest absolute Gasteiger partial charge is 0.266 e. The highest BCUT2D eigenvalue weighted by Gasteiger charge is 2.60. The Bertz CT molecular complexity index is 1220. The molecule has 8 heteroatoms. The van der Waals surface area contributed by atoms with Gasteiger partial charge in [0.25, 0.3) is 5.91 Å². The standard InChI is InChI=1S/C25H21Cl2N3O3/c1-28(2)16-10-8-15(9-11-16)22-21-23(33-30(22)17-6-4-3-5-7-17)25(32)29(24(21)31)18-12-13-19(26)20(27)14-18/h3-14,21-23H,1-2H3/t21-,22-,23+/m1/s1. The zero-order valence-electron chi connectivity index (χ0n) is 18.0. The van der Waals surface area contributed by atoms with Crippen molar-refractivity contribution < 1.29 is 14.4 Å². The SMILES string of the molecule is CN(C)c1ccc([C@@H]2[C@H]3C(=O)N(c4ccc(Cl)c(Cl)c4)C(=O)[C@H]3ON2c2ccccc2)cc1. The van der Waals surface area contributed by atoms with E-state index in [1.54, 1.807) is 17.2 Å². The Kier molecular flexibility index (Phi) is 5.52. The fourth-order valence-electron chi connectivity index (χ4n) is 4.40. The molecule has 0 unspecified atom stereocenters. The molecule has 2 fully saturated rings. The largest absolute Gasteiger partial charge is 0.378 e. The van der Waals surface area contributed by atoms with Gasteiger partial charge in [-0.05, 0) is 48.0 Å². The molecule has 3 atom stereocenters. The number of benzene rings is 3. The first-order valence-electron chi connectivity index (χ1n) is 10.5. The maximum Gasteiger partial charge on any atom is 0.266 e. The van der Waals surface area contributed by atoms with E-state index < -0.39 is 24.0 Å². The van der Waals surface area contributed by atoms with Crippen LogP contribution in [0.25, 0.3) is 0 Å². The van der Waals surface area contributed by atoms with Crippen molar-refractivity contribution >= 4 is 52.1 Å². The number of rotatable bonds is 4. The highest BCUT2D eigenvalue weighted by atomic mass is 35.5. The van der Waals surface area contributed by atoms with E-state index >= 15 is 0 Å². The Morgan fingerprint density at radius 1 is 0.818 bits per heavy atom. The quantitative estimate of drug-likeness (QED) is 0.484. The highest BCUT2D eigenvalue weighted by molar-refractivity contribution is 6.42. The number of anilines is 3. The minimum atomic E-state index is -0.939. The first-order chi connectivity index (χ1) is 15.9. The third-order valence-electron chi connectivity index (χ3n) is 6.04. The van der Waals surface area contributed by atoms with Gasteiger partial charge in [0.2, 0.25) is 5.91 Å². The fraction of sp³-hybridized carbons (Fsp3) is 0.200. The van der Waals surface area contributed by atoms with Crippen LogP contribution in [0.15, 0.2) is 72.8 Å². The maximum atomic E-state index is 13.6. The van der Waals surface area contributed by atoms with Gasteiger partial charge in [-0.1, -0.05) is 53.5 Å². The molecule has 2 amide bonds. The topological polar surface area (TPSA) is 53.1 Å². The van der Waals surface area contributed by atoms with Crippen molar-refractivity contribution in [3.8, 4) is 0 Å². The van der Waals surface area contributed by atoms with E-state index in [9.17, 15) is 9.59 Å². The number of fused-ring (bicyclic) bond motifs is 1. The summed E-state index contributed by atoms with van der Waals surface area (Å²) in [5, 5.41) is 2.31. The lowest BCUT2D eigenvalue weighted by Gasteiger charge is -2.29. The molecule has 2 aliphatic heterocycles. The first-order valence-corrected chi connectivity index (χ1v) is 11.2. The van der Waals surface area contributed by atoms with Gasteiger partial charge in [0.05, 0.1) is 27.5 Å². The number of imide groups is 1. The molecule has 0 radical (unpaired) electrons. The van der Waals surface area contributed by atoms with Gasteiger partial charge >= 0.3 is 0 Å². The molecule has 2 aliphatic rings. The van der Waals surface area contributed by atoms with Crippen LogP contribution in [-0.4, -0.2) is 32.0 Å². The molecule has 3 aromatic carbocycles. The van der Waals surface area contributed by atoms with Crippen molar-refractivity contribution in [2.75, 3.05) is 29.0 Å². The Balaban J connectivity index is 1.57. The Labute approximate surface area is 201 Å². The summed E-state index contributed by atoms with van der Waals surface area (Å²) in [5.74, 6) is -1.46. The predicted molar refractivity (Wildman–Crippen MR) is 130 cm³/mol. The van der Waals surface area contributed by atoms with Gasteiger partial charge < -0.3 is 4.90 Å². The predicted octanol–water partition coefficient (Wildman–Crippen LogP) is 5.11. The second-order valence-corrected chi connectivity index (χ2v) is 9.07. The van der Waals surface area contributed by atoms with Crippen LogP contribution in [0, 0.1) is 5.92 Å². The number of hydrogen-bond acceptors (Lipinski definition) is 5. The molecule has 5 rings (SSSR count). The lowest BCUT2D eigenvalue weighted by molar-refractivity contribution is -0.126. The summed E-state index contributed by atoms with van der Waals surface area (Å²) in [6.07, 6.45) is -0.939. The van der Waals surface area contributed by atoms with Gasteiger partial charge in [0.15, 0.2) is 6.10 Å². The van der Waals surface area contributed by atoms with Gasteiger partial charge in [-0.15, -0.1) is 0 Å². The van der Waals surface area contributed by atoms with Crippen LogP contribution in [0.1, 0.15) is 11.6 Å². The second-order valence-electron chi connectivity index (χ2n) is 8.25. The normalized spacial score (nSPS) is 22.1. The molecule has 2 saturated heterocycles.